The molecule has 1 atom stereocenters. The lowest BCUT2D eigenvalue weighted by atomic mass is 10.2. The Hall–Kier alpha value is -1.92. The maximum Gasteiger partial charge on any atom is 0.307 e. The summed E-state index contributed by atoms with van der Waals surface area (Å²) in [6.45, 7) is 1.83. The van der Waals surface area contributed by atoms with Crippen LogP contribution in [0.5, 0.6) is 0 Å². The first kappa shape index (κ1) is 10.2. The minimum absolute atomic E-state index is 0.0505. The second-order valence-corrected chi connectivity index (χ2v) is 2.82. The summed E-state index contributed by atoms with van der Waals surface area (Å²) in [5, 5.41) is 21.4. The molecule has 0 aliphatic heterocycles. The Bertz CT molecular complexity index is 359. The first-order valence-corrected chi connectivity index (χ1v) is 4.08. The number of hydrogen-bond acceptors (Lipinski definition) is 4. The molecule has 0 saturated heterocycles. The van der Waals surface area contributed by atoms with Crippen molar-refractivity contribution in [1.29, 1.82) is 5.41 Å². The van der Waals surface area contributed by atoms with E-state index in [0.717, 1.165) is 6.20 Å². The van der Waals surface area contributed by atoms with Crippen LogP contribution in [0.2, 0.25) is 0 Å². The zero-order chi connectivity index (χ0) is 10.7. The van der Waals surface area contributed by atoms with Crippen molar-refractivity contribution in [2.24, 2.45) is 5.73 Å². The summed E-state index contributed by atoms with van der Waals surface area (Å²) in [4.78, 5) is 9.83. The molecule has 1 rings (SSSR count). The molecule has 1 heterocycles. The van der Waals surface area contributed by atoms with Crippen LogP contribution in [-0.4, -0.2) is 20.5 Å². The molecule has 7 heteroatoms. The highest BCUT2D eigenvalue weighted by atomic mass is 16.6. The van der Waals surface area contributed by atoms with Crippen LogP contribution in [0.3, 0.4) is 0 Å². The van der Waals surface area contributed by atoms with Crippen molar-refractivity contribution < 1.29 is 4.92 Å². The summed E-state index contributed by atoms with van der Waals surface area (Å²) in [7, 11) is 0. The van der Waals surface area contributed by atoms with Crippen LogP contribution in [0.25, 0.3) is 0 Å². The van der Waals surface area contributed by atoms with Gasteiger partial charge >= 0.3 is 5.69 Å². The number of nitro groups is 1. The summed E-state index contributed by atoms with van der Waals surface area (Å²) in [5.74, 6) is -0.0505. The van der Waals surface area contributed by atoms with Crippen LogP contribution in [0.1, 0.15) is 19.4 Å². The number of rotatable bonds is 4. The Morgan fingerprint density at radius 3 is 2.93 bits per heavy atom. The third-order valence-electron chi connectivity index (χ3n) is 1.86. The quantitative estimate of drug-likeness (QED) is 0.320. The Balaban J connectivity index is 2.95. The van der Waals surface area contributed by atoms with Gasteiger partial charge in [-0.2, -0.15) is 5.10 Å². The molecular weight excluding hydrogens is 186 g/mol. The molecule has 0 spiro atoms. The van der Waals surface area contributed by atoms with Gasteiger partial charge in [0.1, 0.15) is 24.3 Å². The molecule has 0 saturated carbocycles. The van der Waals surface area contributed by atoms with Crippen molar-refractivity contribution in [2.45, 2.75) is 19.4 Å². The van der Waals surface area contributed by atoms with Gasteiger partial charge in [0.2, 0.25) is 0 Å². The molecule has 14 heavy (non-hydrogen) atoms. The number of aromatic nitrogens is 2. The van der Waals surface area contributed by atoms with Gasteiger partial charge in [0.15, 0.2) is 0 Å². The van der Waals surface area contributed by atoms with Crippen LogP contribution in [0.4, 0.5) is 5.69 Å². The number of nitrogens with zero attached hydrogens (tertiary/aromatic N) is 3. The first-order chi connectivity index (χ1) is 6.56. The lowest BCUT2D eigenvalue weighted by molar-refractivity contribution is -0.385. The predicted octanol–water partition coefficient (Wildman–Crippen LogP) is 0.678. The summed E-state index contributed by atoms with van der Waals surface area (Å²) in [6, 6.07) is -0.399. The van der Waals surface area contributed by atoms with Gasteiger partial charge in [-0.05, 0) is 6.42 Å². The molecular formula is C7H11N5O2. The Kier molecular flexibility index (Phi) is 2.80. The van der Waals surface area contributed by atoms with Gasteiger partial charge in [-0.1, -0.05) is 6.92 Å². The molecule has 0 bridgehead atoms. The number of hydrogen-bond donors (Lipinski definition) is 2. The van der Waals surface area contributed by atoms with Crippen molar-refractivity contribution in [2.75, 3.05) is 0 Å². The molecule has 1 aromatic heterocycles. The predicted molar refractivity (Wildman–Crippen MR) is 50.1 cm³/mol. The van der Waals surface area contributed by atoms with Crippen LogP contribution < -0.4 is 5.73 Å². The lowest BCUT2D eigenvalue weighted by Crippen LogP contribution is -2.25. The van der Waals surface area contributed by atoms with Crippen LogP contribution >= 0.6 is 0 Å². The maximum absolute atomic E-state index is 10.4. The highest BCUT2D eigenvalue weighted by Crippen LogP contribution is 2.14. The summed E-state index contributed by atoms with van der Waals surface area (Å²) < 4.78 is 1.33. The van der Waals surface area contributed by atoms with Gasteiger partial charge in [-0.3, -0.25) is 20.2 Å². The van der Waals surface area contributed by atoms with E-state index in [1.807, 2.05) is 6.92 Å². The van der Waals surface area contributed by atoms with Gasteiger partial charge < -0.3 is 5.73 Å². The molecule has 76 valence electrons. The minimum atomic E-state index is -0.531. The SMILES string of the molecule is CCC(C(=N)N)n1cc([N+](=O)[O-])cn1. The minimum Gasteiger partial charge on any atom is -0.386 e. The van der Waals surface area contributed by atoms with Crippen molar-refractivity contribution >= 4 is 11.5 Å². The largest absolute Gasteiger partial charge is 0.386 e. The fraction of sp³-hybridized carbons (Fsp3) is 0.429. The van der Waals surface area contributed by atoms with Crippen LogP contribution in [0, 0.1) is 15.5 Å². The van der Waals surface area contributed by atoms with E-state index in [1.54, 1.807) is 0 Å². The molecule has 0 fully saturated rings. The number of nitrogens with two attached hydrogens (primary N) is 1. The van der Waals surface area contributed by atoms with E-state index < -0.39 is 11.0 Å². The molecule has 0 amide bonds. The van der Waals surface area contributed by atoms with E-state index in [-0.39, 0.29) is 11.5 Å². The van der Waals surface area contributed by atoms with Gasteiger partial charge in [0.25, 0.3) is 0 Å². The highest BCUT2D eigenvalue weighted by molar-refractivity contribution is 5.81. The third kappa shape index (κ3) is 1.87. The standard InChI is InChI=1S/C7H11N5O2/c1-2-6(7(8)9)11-4-5(3-10-11)12(13)14/h3-4,6H,2H2,1H3,(H3,8,9). The third-order valence-corrected chi connectivity index (χ3v) is 1.86. The summed E-state index contributed by atoms with van der Waals surface area (Å²) in [6.07, 6.45) is 3.00. The summed E-state index contributed by atoms with van der Waals surface area (Å²) in [5.41, 5.74) is 5.22. The monoisotopic (exact) mass is 197 g/mol. The Morgan fingerprint density at radius 2 is 2.57 bits per heavy atom. The zero-order valence-electron chi connectivity index (χ0n) is 7.67. The molecule has 7 nitrogen and oxygen atoms in total. The van der Waals surface area contributed by atoms with Crippen molar-refractivity contribution in [3.05, 3.63) is 22.5 Å². The van der Waals surface area contributed by atoms with E-state index in [4.69, 9.17) is 11.1 Å². The second kappa shape index (κ2) is 3.86. The highest BCUT2D eigenvalue weighted by Gasteiger charge is 2.16. The first-order valence-electron chi connectivity index (χ1n) is 4.08. The van der Waals surface area contributed by atoms with Crippen LogP contribution in [0.15, 0.2) is 12.4 Å². The molecule has 0 radical (unpaired) electrons. The second-order valence-electron chi connectivity index (χ2n) is 2.82. The topological polar surface area (TPSA) is 111 Å². The van der Waals surface area contributed by atoms with Gasteiger partial charge in [0.05, 0.1) is 4.92 Å². The normalized spacial score (nSPS) is 12.4. The molecule has 0 aliphatic rings. The van der Waals surface area contributed by atoms with E-state index in [0.29, 0.717) is 6.42 Å². The van der Waals surface area contributed by atoms with Gasteiger partial charge in [-0.15, -0.1) is 0 Å². The molecule has 1 aromatic rings. The molecule has 0 aliphatic carbocycles. The zero-order valence-corrected chi connectivity index (χ0v) is 7.67. The van der Waals surface area contributed by atoms with Crippen molar-refractivity contribution in [3.63, 3.8) is 0 Å². The Labute approximate surface area is 80.2 Å². The molecule has 1 unspecified atom stereocenters. The van der Waals surface area contributed by atoms with E-state index in [2.05, 4.69) is 5.10 Å². The average Bonchev–Trinajstić information content (AvgIpc) is 2.53. The van der Waals surface area contributed by atoms with Gasteiger partial charge in [0, 0.05) is 0 Å². The van der Waals surface area contributed by atoms with E-state index in [1.165, 1.54) is 10.9 Å². The smallest absolute Gasteiger partial charge is 0.307 e. The number of amidine groups is 1. The summed E-state index contributed by atoms with van der Waals surface area (Å²) >= 11 is 0. The fourth-order valence-electron chi connectivity index (χ4n) is 1.14. The van der Waals surface area contributed by atoms with E-state index in [9.17, 15) is 10.1 Å². The van der Waals surface area contributed by atoms with Crippen molar-refractivity contribution in [1.82, 2.24) is 9.78 Å². The van der Waals surface area contributed by atoms with Gasteiger partial charge in [-0.25, -0.2) is 0 Å². The fourth-order valence-corrected chi connectivity index (χ4v) is 1.14. The average molecular weight is 197 g/mol. The van der Waals surface area contributed by atoms with Crippen LogP contribution in [-0.2, 0) is 0 Å². The van der Waals surface area contributed by atoms with E-state index >= 15 is 0 Å². The van der Waals surface area contributed by atoms with Crippen molar-refractivity contribution in [3.8, 4) is 0 Å². The molecule has 0 aromatic carbocycles. The maximum atomic E-state index is 10.4. The molecule has 3 N–H and O–H groups in total. The Morgan fingerprint density at radius 1 is 1.93 bits per heavy atom. The lowest BCUT2D eigenvalue weighted by Gasteiger charge is -2.12. The number of nitrogens with one attached hydrogen (secondary N) is 1.